The van der Waals surface area contributed by atoms with Gasteiger partial charge in [0.2, 0.25) is 0 Å². The number of aromatic hydroxyl groups is 1. The second kappa shape index (κ2) is 6.52. The van der Waals surface area contributed by atoms with Crippen LogP contribution in [0.4, 0.5) is 0 Å². The SMILES string of the molecule is CCCOC1CCCN(C(=O)c2ncccc2O)C1. The van der Waals surface area contributed by atoms with E-state index in [1.165, 1.54) is 12.3 Å². The number of rotatable bonds is 4. The highest BCUT2D eigenvalue weighted by atomic mass is 16.5. The lowest BCUT2D eigenvalue weighted by Crippen LogP contribution is -2.43. The molecule has 1 amide bonds. The fourth-order valence-electron chi connectivity index (χ4n) is 2.25. The molecule has 104 valence electrons. The molecule has 0 aliphatic carbocycles. The van der Waals surface area contributed by atoms with Gasteiger partial charge in [0, 0.05) is 25.9 Å². The second-order valence-corrected chi connectivity index (χ2v) is 4.76. The van der Waals surface area contributed by atoms with Crippen molar-refractivity contribution < 1.29 is 14.6 Å². The van der Waals surface area contributed by atoms with Crippen molar-refractivity contribution in [2.45, 2.75) is 32.3 Å². The van der Waals surface area contributed by atoms with Crippen molar-refractivity contribution in [3.05, 3.63) is 24.0 Å². The minimum Gasteiger partial charge on any atom is -0.505 e. The summed E-state index contributed by atoms with van der Waals surface area (Å²) in [5.41, 5.74) is 0.124. The molecule has 0 radical (unpaired) electrons. The number of ether oxygens (including phenoxy) is 1. The number of pyridine rings is 1. The zero-order valence-electron chi connectivity index (χ0n) is 11.2. The Morgan fingerprint density at radius 3 is 3.21 bits per heavy atom. The Morgan fingerprint density at radius 2 is 2.47 bits per heavy atom. The molecule has 1 unspecified atom stereocenters. The molecule has 0 aromatic carbocycles. The van der Waals surface area contributed by atoms with Gasteiger partial charge >= 0.3 is 0 Å². The largest absolute Gasteiger partial charge is 0.505 e. The maximum Gasteiger partial charge on any atom is 0.276 e. The molecule has 1 aromatic heterocycles. The number of piperidine rings is 1. The van der Waals surface area contributed by atoms with Crippen LogP contribution in [0.5, 0.6) is 5.75 Å². The van der Waals surface area contributed by atoms with Gasteiger partial charge in [-0.1, -0.05) is 6.92 Å². The van der Waals surface area contributed by atoms with Gasteiger partial charge < -0.3 is 14.7 Å². The highest BCUT2D eigenvalue weighted by Gasteiger charge is 2.26. The lowest BCUT2D eigenvalue weighted by atomic mass is 10.1. The van der Waals surface area contributed by atoms with Gasteiger partial charge in [0.05, 0.1) is 6.10 Å². The quantitative estimate of drug-likeness (QED) is 0.901. The first-order valence-corrected chi connectivity index (χ1v) is 6.77. The van der Waals surface area contributed by atoms with Crippen molar-refractivity contribution in [2.75, 3.05) is 19.7 Å². The third-order valence-corrected chi connectivity index (χ3v) is 3.21. The van der Waals surface area contributed by atoms with Crippen molar-refractivity contribution >= 4 is 5.91 Å². The summed E-state index contributed by atoms with van der Waals surface area (Å²) < 4.78 is 5.70. The molecule has 5 nitrogen and oxygen atoms in total. The number of amides is 1. The Morgan fingerprint density at radius 1 is 1.63 bits per heavy atom. The minimum atomic E-state index is -0.220. The van der Waals surface area contributed by atoms with Crippen molar-refractivity contribution in [1.29, 1.82) is 0 Å². The summed E-state index contributed by atoms with van der Waals surface area (Å²) in [5.74, 6) is -0.285. The number of carbonyl (C=O) groups is 1. The van der Waals surface area contributed by atoms with Crippen LogP contribution in [0.15, 0.2) is 18.3 Å². The Kier molecular flexibility index (Phi) is 4.74. The molecule has 1 fully saturated rings. The monoisotopic (exact) mass is 264 g/mol. The third kappa shape index (κ3) is 3.44. The van der Waals surface area contributed by atoms with E-state index in [1.807, 2.05) is 0 Å². The van der Waals surface area contributed by atoms with Gasteiger partial charge in [-0.2, -0.15) is 0 Å². The Labute approximate surface area is 113 Å². The summed E-state index contributed by atoms with van der Waals surface area (Å²) in [6.45, 7) is 4.06. The number of hydrogen-bond acceptors (Lipinski definition) is 4. The molecule has 1 aromatic rings. The molecule has 5 heteroatoms. The molecule has 1 aliphatic rings. The smallest absolute Gasteiger partial charge is 0.276 e. The van der Waals surface area contributed by atoms with E-state index in [0.717, 1.165) is 25.9 Å². The van der Waals surface area contributed by atoms with Crippen LogP contribution >= 0.6 is 0 Å². The van der Waals surface area contributed by atoms with Crippen LogP contribution in [0.3, 0.4) is 0 Å². The molecule has 1 N–H and O–H groups in total. The van der Waals surface area contributed by atoms with Gasteiger partial charge in [0.1, 0.15) is 5.75 Å². The van der Waals surface area contributed by atoms with Gasteiger partial charge in [0.25, 0.3) is 5.91 Å². The van der Waals surface area contributed by atoms with Crippen LogP contribution in [0.25, 0.3) is 0 Å². The predicted octanol–water partition coefficient (Wildman–Crippen LogP) is 1.82. The number of nitrogens with zero attached hydrogens (tertiary/aromatic N) is 2. The van der Waals surface area contributed by atoms with E-state index in [1.54, 1.807) is 11.0 Å². The predicted molar refractivity (Wildman–Crippen MR) is 71.1 cm³/mol. The van der Waals surface area contributed by atoms with Crippen LogP contribution in [0.1, 0.15) is 36.7 Å². The van der Waals surface area contributed by atoms with Crippen molar-refractivity contribution in [2.24, 2.45) is 0 Å². The molecule has 0 spiro atoms. The van der Waals surface area contributed by atoms with Crippen molar-refractivity contribution in [1.82, 2.24) is 9.88 Å². The first-order valence-electron chi connectivity index (χ1n) is 6.77. The topological polar surface area (TPSA) is 62.7 Å². The van der Waals surface area contributed by atoms with Crippen LogP contribution in [0, 0.1) is 0 Å². The fourth-order valence-corrected chi connectivity index (χ4v) is 2.25. The lowest BCUT2D eigenvalue weighted by Gasteiger charge is -2.32. The van der Waals surface area contributed by atoms with E-state index in [0.29, 0.717) is 13.1 Å². The highest BCUT2D eigenvalue weighted by Crippen LogP contribution is 2.19. The molecule has 0 saturated carbocycles. The zero-order chi connectivity index (χ0) is 13.7. The van der Waals surface area contributed by atoms with Crippen LogP contribution in [-0.4, -0.2) is 46.7 Å². The summed E-state index contributed by atoms with van der Waals surface area (Å²) >= 11 is 0. The summed E-state index contributed by atoms with van der Waals surface area (Å²) in [5, 5.41) is 9.68. The van der Waals surface area contributed by atoms with Crippen LogP contribution < -0.4 is 0 Å². The maximum atomic E-state index is 12.3. The number of hydrogen-bond donors (Lipinski definition) is 1. The van der Waals surface area contributed by atoms with Crippen LogP contribution in [0.2, 0.25) is 0 Å². The summed E-state index contributed by atoms with van der Waals surface area (Å²) in [6, 6.07) is 3.09. The van der Waals surface area contributed by atoms with E-state index in [9.17, 15) is 9.90 Å². The Balaban J connectivity index is 2.01. The molecular weight excluding hydrogens is 244 g/mol. The van der Waals surface area contributed by atoms with Crippen LogP contribution in [-0.2, 0) is 4.74 Å². The Hall–Kier alpha value is -1.62. The summed E-state index contributed by atoms with van der Waals surface area (Å²) in [4.78, 5) is 18.0. The summed E-state index contributed by atoms with van der Waals surface area (Å²) in [6.07, 6.45) is 4.50. The number of likely N-dealkylation sites (tertiary alicyclic amines) is 1. The van der Waals surface area contributed by atoms with Crippen molar-refractivity contribution in [3.8, 4) is 5.75 Å². The van der Waals surface area contributed by atoms with E-state index < -0.39 is 0 Å². The minimum absolute atomic E-state index is 0.0656. The number of carbonyl (C=O) groups excluding carboxylic acids is 1. The molecule has 19 heavy (non-hydrogen) atoms. The van der Waals surface area contributed by atoms with Gasteiger partial charge in [-0.25, -0.2) is 4.98 Å². The van der Waals surface area contributed by atoms with Gasteiger partial charge in [-0.15, -0.1) is 0 Å². The van der Waals surface area contributed by atoms with E-state index in [4.69, 9.17) is 4.74 Å². The highest BCUT2D eigenvalue weighted by molar-refractivity contribution is 5.94. The van der Waals surface area contributed by atoms with Gasteiger partial charge in [0.15, 0.2) is 5.69 Å². The summed E-state index contributed by atoms with van der Waals surface area (Å²) in [7, 11) is 0. The van der Waals surface area contributed by atoms with Gasteiger partial charge in [-0.3, -0.25) is 4.79 Å². The average molecular weight is 264 g/mol. The molecule has 1 atom stereocenters. The lowest BCUT2D eigenvalue weighted by molar-refractivity contribution is 0.00182. The average Bonchev–Trinajstić information content (AvgIpc) is 2.45. The number of aromatic nitrogens is 1. The fraction of sp³-hybridized carbons (Fsp3) is 0.571. The maximum absolute atomic E-state index is 12.3. The van der Waals surface area contributed by atoms with E-state index in [-0.39, 0.29) is 23.5 Å². The molecule has 1 saturated heterocycles. The van der Waals surface area contributed by atoms with E-state index >= 15 is 0 Å². The molecule has 2 heterocycles. The van der Waals surface area contributed by atoms with Gasteiger partial charge in [-0.05, 0) is 31.4 Å². The first-order chi connectivity index (χ1) is 9.22. The second-order valence-electron chi connectivity index (χ2n) is 4.76. The molecule has 0 bridgehead atoms. The van der Waals surface area contributed by atoms with Crippen molar-refractivity contribution in [3.63, 3.8) is 0 Å². The normalized spacial score (nSPS) is 19.4. The molecule has 2 rings (SSSR count). The Bertz CT molecular complexity index is 436. The molecular formula is C14H20N2O3. The first kappa shape index (κ1) is 13.8. The zero-order valence-corrected chi connectivity index (χ0v) is 11.2. The van der Waals surface area contributed by atoms with E-state index in [2.05, 4.69) is 11.9 Å². The standard InChI is InChI=1S/C14H20N2O3/c1-2-9-19-11-5-4-8-16(10-11)14(18)13-12(17)6-3-7-15-13/h3,6-7,11,17H,2,4-5,8-10H2,1H3. The molecule has 1 aliphatic heterocycles. The third-order valence-electron chi connectivity index (χ3n) is 3.21.